The first kappa shape index (κ1) is 35.1. The Balaban J connectivity index is 0.00000248. The predicted octanol–water partition coefficient (Wildman–Crippen LogP) is 13.7. The van der Waals surface area contributed by atoms with Gasteiger partial charge in [-0.15, -0.1) is 0 Å². The summed E-state index contributed by atoms with van der Waals surface area (Å²) >= 11 is 0. The van der Waals surface area contributed by atoms with Crippen LogP contribution in [0.1, 0.15) is 163 Å². The molecule has 2 aromatic carbocycles. The van der Waals surface area contributed by atoms with Crippen molar-refractivity contribution >= 4 is 11.1 Å². The summed E-state index contributed by atoms with van der Waals surface area (Å²) in [5.74, 6) is 0.833. The third kappa shape index (κ3) is 9.33. The molecule has 0 atom stereocenters. The molecule has 1 saturated carbocycles. The monoisotopic (exact) mass is 581 g/mol. The molecule has 2 aliphatic rings. The lowest BCUT2D eigenvalue weighted by Crippen LogP contribution is -2.23. The van der Waals surface area contributed by atoms with Crippen molar-refractivity contribution in [3.8, 4) is 0 Å². The van der Waals surface area contributed by atoms with Crippen LogP contribution in [0.5, 0.6) is 0 Å². The smallest absolute Gasteiger partial charge is 0.00141 e. The first-order chi connectivity index (χ1) is 20.3. The van der Waals surface area contributed by atoms with E-state index in [1.54, 1.807) is 11.1 Å². The Morgan fingerprint density at radius 1 is 0.628 bits per heavy atom. The van der Waals surface area contributed by atoms with Crippen LogP contribution in [0.4, 0.5) is 0 Å². The van der Waals surface area contributed by atoms with E-state index < -0.39 is 0 Å². The Morgan fingerprint density at radius 2 is 1.09 bits per heavy atom. The van der Waals surface area contributed by atoms with Gasteiger partial charge in [0, 0.05) is 0 Å². The molecule has 43 heavy (non-hydrogen) atoms. The zero-order chi connectivity index (χ0) is 31.8. The van der Waals surface area contributed by atoms with Gasteiger partial charge in [-0.25, -0.2) is 0 Å². The maximum Gasteiger partial charge on any atom is -0.00141 e. The summed E-state index contributed by atoms with van der Waals surface area (Å²) in [6.07, 6.45) is 17.3. The van der Waals surface area contributed by atoms with Gasteiger partial charge in [0.2, 0.25) is 0 Å². The highest BCUT2D eigenvalue weighted by Gasteiger charge is 2.32. The Kier molecular flexibility index (Phi) is 12.3. The molecule has 2 aliphatic carbocycles. The maximum absolute atomic E-state index is 2.43. The molecule has 4 rings (SSSR count). The molecule has 2 aromatic rings. The largest absolute Gasteiger partial charge is 0.0683 e. The molecular weight excluding hydrogens is 516 g/mol. The van der Waals surface area contributed by atoms with Crippen LogP contribution >= 0.6 is 0 Å². The van der Waals surface area contributed by atoms with Crippen LogP contribution in [0.3, 0.4) is 0 Å². The van der Waals surface area contributed by atoms with E-state index in [9.17, 15) is 0 Å². The second-order valence-electron chi connectivity index (χ2n) is 15.7. The molecule has 0 spiro atoms. The molecule has 0 radical (unpaired) electrons. The summed E-state index contributed by atoms with van der Waals surface area (Å²) in [6, 6.07) is 19.1. The molecule has 0 nitrogen and oxygen atoms in total. The highest BCUT2D eigenvalue weighted by atomic mass is 14.4. The standard InChI is InChI=1S/C41H58.C2H6/c1-10-12-24-40(6,7)35-19-14-31(15-20-35)33-18-23-37(38(28-33)34-26-30(27-34)29-39(3,4)5)32-16-21-36(22-17-32)41(8,9)25-13-11-2;1-2/h14-23,30H,10-13,24-29H2,1-9H3;1-2H3. The van der Waals surface area contributed by atoms with Gasteiger partial charge in [-0.3, -0.25) is 0 Å². The first-order valence-corrected chi connectivity index (χ1v) is 17.7. The second-order valence-corrected chi connectivity index (χ2v) is 15.7. The summed E-state index contributed by atoms with van der Waals surface area (Å²) in [7, 11) is 0. The average molecular weight is 581 g/mol. The van der Waals surface area contributed by atoms with Crippen molar-refractivity contribution in [3.05, 3.63) is 94.1 Å². The molecule has 1 fully saturated rings. The lowest BCUT2D eigenvalue weighted by molar-refractivity contribution is 0.253. The maximum atomic E-state index is 2.43. The van der Waals surface area contributed by atoms with Gasteiger partial charge in [0.25, 0.3) is 0 Å². The minimum atomic E-state index is 0.231. The van der Waals surface area contributed by atoms with E-state index in [0.717, 1.165) is 12.3 Å². The Hall–Kier alpha value is -2.34. The SMILES string of the molecule is CC.CCCCC(C)(C)c1ccc(C2=CC=C(c3ccc(C(C)(C)CCCC)cc3)C(=C3CC(CC(C)(C)C)C3)C2)cc1. The fraction of sp³-hybridized carbons (Fsp3) is 0.581. The predicted molar refractivity (Wildman–Crippen MR) is 194 cm³/mol. The fourth-order valence-electron chi connectivity index (χ4n) is 7.07. The highest BCUT2D eigenvalue weighted by Crippen LogP contribution is 2.48. The van der Waals surface area contributed by atoms with Crippen molar-refractivity contribution in [1.29, 1.82) is 0 Å². The van der Waals surface area contributed by atoms with Gasteiger partial charge in [0.05, 0.1) is 0 Å². The molecular formula is C43H64. The van der Waals surface area contributed by atoms with Crippen LogP contribution in [0.2, 0.25) is 0 Å². The molecule has 0 aliphatic heterocycles. The van der Waals surface area contributed by atoms with Crippen LogP contribution < -0.4 is 0 Å². The number of hydrogen-bond donors (Lipinski definition) is 0. The van der Waals surface area contributed by atoms with Crippen molar-refractivity contribution < 1.29 is 0 Å². The Bertz CT molecular complexity index is 1240. The molecule has 0 N–H and O–H groups in total. The van der Waals surface area contributed by atoms with Gasteiger partial charge in [0.1, 0.15) is 0 Å². The second kappa shape index (κ2) is 15.1. The molecule has 0 heterocycles. The normalized spacial score (nSPS) is 17.5. The van der Waals surface area contributed by atoms with Crippen LogP contribution in [0.25, 0.3) is 11.1 Å². The van der Waals surface area contributed by atoms with Crippen molar-refractivity contribution in [2.45, 2.75) is 151 Å². The number of benzene rings is 2. The van der Waals surface area contributed by atoms with Gasteiger partial charge >= 0.3 is 0 Å². The van der Waals surface area contributed by atoms with Crippen LogP contribution in [0, 0.1) is 11.3 Å². The average Bonchev–Trinajstić information content (AvgIpc) is 2.97. The van der Waals surface area contributed by atoms with Crippen molar-refractivity contribution in [2.24, 2.45) is 11.3 Å². The van der Waals surface area contributed by atoms with Gasteiger partial charge in [-0.1, -0.05) is 168 Å². The minimum absolute atomic E-state index is 0.231. The van der Waals surface area contributed by atoms with E-state index in [1.165, 1.54) is 91.2 Å². The molecule has 0 aromatic heterocycles. The molecule has 0 saturated heterocycles. The third-order valence-electron chi connectivity index (χ3n) is 9.87. The van der Waals surface area contributed by atoms with E-state index >= 15 is 0 Å². The molecule has 0 heteroatoms. The topological polar surface area (TPSA) is 0 Å². The molecule has 0 bridgehead atoms. The highest BCUT2D eigenvalue weighted by molar-refractivity contribution is 5.89. The molecule has 236 valence electrons. The first-order valence-electron chi connectivity index (χ1n) is 17.7. The van der Waals surface area contributed by atoms with Crippen LogP contribution in [-0.2, 0) is 10.8 Å². The fourth-order valence-corrected chi connectivity index (χ4v) is 7.07. The van der Waals surface area contributed by atoms with Gasteiger partial charge in [-0.2, -0.15) is 0 Å². The lowest BCUT2D eigenvalue weighted by Gasteiger charge is -2.37. The van der Waals surface area contributed by atoms with E-state index in [2.05, 4.69) is 123 Å². The number of allylic oxidation sites excluding steroid dienone is 6. The van der Waals surface area contributed by atoms with Crippen molar-refractivity contribution in [1.82, 2.24) is 0 Å². The summed E-state index contributed by atoms with van der Waals surface area (Å²) in [5, 5.41) is 0. The minimum Gasteiger partial charge on any atom is -0.0683 e. The summed E-state index contributed by atoms with van der Waals surface area (Å²) in [5.41, 5.74) is 12.8. The summed E-state index contributed by atoms with van der Waals surface area (Å²) < 4.78 is 0. The number of hydrogen-bond acceptors (Lipinski definition) is 0. The van der Waals surface area contributed by atoms with Gasteiger partial charge < -0.3 is 0 Å². The van der Waals surface area contributed by atoms with Crippen LogP contribution in [-0.4, -0.2) is 0 Å². The Labute approximate surface area is 267 Å². The van der Waals surface area contributed by atoms with E-state index in [0.29, 0.717) is 5.41 Å². The molecule has 0 unspecified atom stereocenters. The van der Waals surface area contributed by atoms with E-state index in [1.807, 2.05) is 13.8 Å². The quantitative estimate of drug-likeness (QED) is 0.248. The molecule has 0 amide bonds. The van der Waals surface area contributed by atoms with E-state index in [4.69, 9.17) is 0 Å². The Morgan fingerprint density at radius 3 is 1.53 bits per heavy atom. The summed E-state index contributed by atoms with van der Waals surface area (Å²) in [4.78, 5) is 0. The number of unbranched alkanes of at least 4 members (excludes halogenated alkanes) is 2. The zero-order valence-electron chi connectivity index (χ0n) is 29.9. The summed E-state index contributed by atoms with van der Waals surface area (Å²) in [6.45, 7) is 25.4. The zero-order valence-corrected chi connectivity index (χ0v) is 29.9. The van der Waals surface area contributed by atoms with Gasteiger partial charge in [-0.05, 0) is 99.7 Å². The number of rotatable bonds is 11. The third-order valence-corrected chi connectivity index (χ3v) is 9.87. The van der Waals surface area contributed by atoms with Crippen molar-refractivity contribution in [3.63, 3.8) is 0 Å². The van der Waals surface area contributed by atoms with Gasteiger partial charge in [0.15, 0.2) is 0 Å². The van der Waals surface area contributed by atoms with Crippen LogP contribution in [0.15, 0.2) is 71.8 Å². The lowest BCUT2D eigenvalue weighted by atomic mass is 9.68. The van der Waals surface area contributed by atoms with E-state index in [-0.39, 0.29) is 10.8 Å². The van der Waals surface area contributed by atoms with Crippen molar-refractivity contribution in [2.75, 3.05) is 0 Å².